The Balaban J connectivity index is 2.75. The van der Waals surface area contributed by atoms with Crippen LogP contribution in [-0.2, 0) is 14.6 Å². The van der Waals surface area contributed by atoms with Gasteiger partial charge in [0.25, 0.3) is 0 Å². The molecule has 0 aromatic heterocycles. The van der Waals surface area contributed by atoms with Crippen molar-refractivity contribution in [1.82, 2.24) is 0 Å². The van der Waals surface area contributed by atoms with E-state index in [1.807, 2.05) is 0 Å². The summed E-state index contributed by atoms with van der Waals surface area (Å²) in [5, 5.41) is 2.51. The Bertz CT molecular complexity index is 528. The van der Waals surface area contributed by atoms with Gasteiger partial charge in [0.15, 0.2) is 9.84 Å². The third kappa shape index (κ3) is 4.35. The maximum Gasteiger partial charge on any atom is 0.239 e. The molecule has 1 aromatic rings. The van der Waals surface area contributed by atoms with Crippen molar-refractivity contribution in [3.8, 4) is 0 Å². The molecule has 1 amide bonds. The van der Waals surface area contributed by atoms with Crippen LogP contribution in [0.2, 0.25) is 0 Å². The number of anilines is 2. The Morgan fingerprint density at radius 2 is 2.12 bits per heavy atom. The van der Waals surface area contributed by atoms with Gasteiger partial charge in [0.1, 0.15) is 5.75 Å². The van der Waals surface area contributed by atoms with Gasteiger partial charge in [-0.25, -0.2) is 8.42 Å². The smallest absolute Gasteiger partial charge is 0.239 e. The normalized spacial score (nSPS) is 11.2. The van der Waals surface area contributed by atoms with Crippen LogP contribution in [0.5, 0.6) is 0 Å². The summed E-state index contributed by atoms with van der Waals surface area (Å²) >= 11 is 3.23. The van der Waals surface area contributed by atoms with Gasteiger partial charge < -0.3 is 11.1 Å². The molecular formula is C10H13BrN2O3S. The number of amides is 1. The molecule has 3 N–H and O–H groups in total. The maximum atomic E-state index is 11.5. The number of hydrogen-bond acceptors (Lipinski definition) is 4. The van der Waals surface area contributed by atoms with Crippen molar-refractivity contribution in [2.24, 2.45) is 0 Å². The average molecular weight is 321 g/mol. The summed E-state index contributed by atoms with van der Waals surface area (Å²) in [5.74, 6) is -1.12. The van der Waals surface area contributed by atoms with Crippen molar-refractivity contribution in [2.45, 2.75) is 6.92 Å². The molecule has 0 aliphatic rings. The number of rotatable bonds is 4. The van der Waals surface area contributed by atoms with Crippen molar-refractivity contribution >= 4 is 43.0 Å². The highest BCUT2D eigenvalue weighted by Crippen LogP contribution is 2.24. The summed E-state index contributed by atoms with van der Waals surface area (Å²) in [6, 6.07) is 4.86. The summed E-state index contributed by atoms with van der Waals surface area (Å²) in [7, 11) is -3.31. The van der Waals surface area contributed by atoms with E-state index in [-0.39, 0.29) is 5.75 Å². The van der Waals surface area contributed by atoms with Crippen molar-refractivity contribution in [3.63, 3.8) is 0 Å². The molecule has 0 aliphatic heterocycles. The largest absolute Gasteiger partial charge is 0.399 e. The molecule has 0 radical (unpaired) electrons. The predicted octanol–water partition coefficient (Wildman–Crippen LogP) is 1.40. The molecule has 1 rings (SSSR count). The van der Waals surface area contributed by atoms with E-state index in [1.54, 1.807) is 18.2 Å². The molecule has 0 heterocycles. The van der Waals surface area contributed by atoms with Crippen LogP contribution in [0.15, 0.2) is 22.7 Å². The lowest BCUT2D eigenvalue weighted by atomic mass is 10.3. The van der Waals surface area contributed by atoms with Crippen molar-refractivity contribution in [2.75, 3.05) is 22.6 Å². The van der Waals surface area contributed by atoms with E-state index in [4.69, 9.17) is 5.73 Å². The molecule has 94 valence electrons. The second-order valence-corrected chi connectivity index (χ2v) is 6.67. The minimum atomic E-state index is -3.31. The number of sulfone groups is 1. The quantitative estimate of drug-likeness (QED) is 0.821. The lowest BCUT2D eigenvalue weighted by Crippen LogP contribution is -2.24. The number of nitrogen functional groups attached to an aromatic ring is 1. The first kappa shape index (κ1) is 14.0. The van der Waals surface area contributed by atoms with E-state index < -0.39 is 21.5 Å². The van der Waals surface area contributed by atoms with E-state index in [9.17, 15) is 13.2 Å². The Morgan fingerprint density at radius 3 is 2.65 bits per heavy atom. The van der Waals surface area contributed by atoms with Crippen LogP contribution in [0.1, 0.15) is 6.92 Å². The van der Waals surface area contributed by atoms with Crippen molar-refractivity contribution < 1.29 is 13.2 Å². The lowest BCUT2D eigenvalue weighted by molar-refractivity contribution is -0.113. The minimum Gasteiger partial charge on any atom is -0.399 e. The fraction of sp³-hybridized carbons (Fsp3) is 0.300. The molecule has 0 bridgehead atoms. The van der Waals surface area contributed by atoms with Gasteiger partial charge in [0.05, 0.1) is 5.69 Å². The number of benzene rings is 1. The lowest BCUT2D eigenvalue weighted by Gasteiger charge is -2.07. The standard InChI is InChI=1S/C10H13BrN2O3S/c1-2-17(15,16)6-10(14)13-9-4-3-7(12)5-8(9)11/h3-5H,2,6,12H2,1H3,(H,13,14). The zero-order valence-electron chi connectivity index (χ0n) is 9.23. The summed E-state index contributed by atoms with van der Waals surface area (Å²) in [5.41, 5.74) is 6.59. The molecular weight excluding hydrogens is 308 g/mol. The van der Waals surface area contributed by atoms with E-state index in [0.29, 0.717) is 15.8 Å². The zero-order valence-corrected chi connectivity index (χ0v) is 11.6. The van der Waals surface area contributed by atoms with Gasteiger partial charge in [-0.05, 0) is 34.1 Å². The van der Waals surface area contributed by atoms with Gasteiger partial charge in [-0.2, -0.15) is 0 Å². The maximum absolute atomic E-state index is 11.5. The molecule has 1 aromatic carbocycles. The third-order valence-electron chi connectivity index (χ3n) is 2.06. The van der Waals surface area contributed by atoms with Crippen LogP contribution >= 0.6 is 15.9 Å². The zero-order chi connectivity index (χ0) is 13.1. The van der Waals surface area contributed by atoms with Crippen molar-refractivity contribution in [3.05, 3.63) is 22.7 Å². The van der Waals surface area contributed by atoms with Crippen LogP contribution < -0.4 is 11.1 Å². The van der Waals surface area contributed by atoms with Gasteiger partial charge in [-0.15, -0.1) is 0 Å². The van der Waals surface area contributed by atoms with E-state index in [0.717, 1.165) is 0 Å². The Labute approximate surface area is 108 Å². The Morgan fingerprint density at radius 1 is 1.47 bits per heavy atom. The average Bonchev–Trinajstić information content (AvgIpc) is 2.21. The minimum absolute atomic E-state index is 0.0523. The van der Waals surface area contributed by atoms with Crippen LogP contribution in [0.25, 0.3) is 0 Å². The summed E-state index contributed by atoms with van der Waals surface area (Å²) in [4.78, 5) is 11.5. The Hall–Kier alpha value is -1.08. The van der Waals surface area contributed by atoms with Crippen molar-refractivity contribution in [1.29, 1.82) is 0 Å². The van der Waals surface area contributed by atoms with E-state index in [1.165, 1.54) is 6.92 Å². The number of hydrogen-bond donors (Lipinski definition) is 2. The highest BCUT2D eigenvalue weighted by molar-refractivity contribution is 9.10. The number of halogens is 1. The topological polar surface area (TPSA) is 89.3 Å². The molecule has 7 heteroatoms. The number of carbonyl (C=O) groups is 1. The van der Waals surface area contributed by atoms with Gasteiger partial charge in [0.2, 0.25) is 5.91 Å². The van der Waals surface area contributed by atoms with Gasteiger partial charge in [-0.1, -0.05) is 6.92 Å². The molecule has 0 saturated carbocycles. The molecule has 0 saturated heterocycles. The molecule has 5 nitrogen and oxygen atoms in total. The van der Waals surface area contributed by atoms with Crippen LogP contribution in [0, 0.1) is 0 Å². The Kier molecular flexibility index (Phi) is 4.53. The highest BCUT2D eigenvalue weighted by atomic mass is 79.9. The summed E-state index contributed by atoms with van der Waals surface area (Å²) < 4.78 is 23.1. The molecule has 0 fully saturated rings. The van der Waals surface area contributed by atoms with E-state index >= 15 is 0 Å². The molecule has 0 aliphatic carbocycles. The second-order valence-electron chi connectivity index (χ2n) is 3.46. The fourth-order valence-corrected chi connectivity index (χ4v) is 2.29. The second kappa shape index (κ2) is 5.50. The first-order chi connectivity index (χ1) is 7.84. The SMILES string of the molecule is CCS(=O)(=O)CC(=O)Nc1ccc(N)cc1Br. The number of nitrogens with two attached hydrogens (primary N) is 1. The molecule has 17 heavy (non-hydrogen) atoms. The molecule has 0 spiro atoms. The highest BCUT2D eigenvalue weighted by Gasteiger charge is 2.15. The van der Waals surface area contributed by atoms with Crippen LogP contribution in [-0.4, -0.2) is 25.8 Å². The van der Waals surface area contributed by atoms with Gasteiger partial charge in [0, 0.05) is 15.9 Å². The van der Waals surface area contributed by atoms with Gasteiger partial charge >= 0.3 is 0 Å². The van der Waals surface area contributed by atoms with E-state index in [2.05, 4.69) is 21.2 Å². The van der Waals surface area contributed by atoms with Gasteiger partial charge in [-0.3, -0.25) is 4.79 Å². The van der Waals surface area contributed by atoms with Crippen LogP contribution in [0.3, 0.4) is 0 Å². The number of carbonyl (C=O) groups excluding carboxylic acids is 1. The molecule has 0 atom stereocenters. The number of nitrogens with one attached hydrogen (secondary N) is 1. The molecule has 0 unspecified atom stereocenters. The first-order valence-electron chi connectivity index (χ1n) is 4.89. The predicted molar refractivity (Wildman–Crippen MR) is 71.5 cm³/mol. The monoisotopic (exact) mass is 320 g/mol. The van der Waals surface area contributed by atoms with Crippen LogP contribution in [0.4, 0.5) is 11.4 Å². The fourth-order valence-electron chi connectivity index (χ4n) is 1.12. The first-order valence-corrected chi connectivity index (χ1v) is 7.51. The summed E-state index contributed by atoms with van der Waals surface area (Å²) in [6.07, 6.45) is 0. The summed E-state index contributed by atoms with van der Waals surface area (Å²) in [6.45, 7) is 1.50. The third-order valence-corrected chi connectivity index (χ3v) is 4.30.